The number of carbonyl (C=O) groups is 1. The molecule has 1 aromatic carbocycles. The lowest BCUT2D eigenvalue weighted by Gasteiger charge is -2.36. The second kappa shape index (κ2) is 8.99. The van der Waals surface area contributed by atoms with Crippen molar-refractivity contribution >= 4 is 33.2 Å². The molecule has 0 spiro atoms. The second-order valence-electron chi connectivity index (χ2n) is 6.39. The van der Waals surface area contributed by atoms with Crippen LogP contribution >= 0.6 is 21.6 Å². The Labute approximate surface area is 151 Å². The van der Waals surface area contributed by atoms with Crippen molar-refractivity contribution in [3.63, 3.8) is 0 Å². The molecule has 1 atom stereocenters. The first-order valence-corrected chi connectivity index (χ1v) is 11.2. The van der Waals surface area contributed by atoms with E-state index < -0.39 is 0 Å². The van der Waals surface area contributed by atoms with E-state index in [1.807, 2.05) is 43.5 Å². The van der Waals surface area contributed by atoms with Gasteiger partial charge < -0.3 is 9.80 Å². The van der Waals surface area contributed by atoms with Crippen LogP contribution in [-0.4, -0.2) is 48.0 Å². The van der Waals surface area contributed by atoms with E-state index in [0.29, 0.717) is 38.3 Å². The molecule has 2 aliphatic rings. The number of hydrogen-bond donors (Lipinski definition) is 0. The van der Waals surface area contributed by atoms with E-state index in [1.54, 1.807) is 6.07 Å². The van der Waals surface area contributed by atoms with E-state index in [0.717, 1.165) is 18.1 Å². The Kier molecular flexibility index (Phi) is 6.72. The van der Waals surface area contributed by atoms with Gasteiger partial charge in [-0.2, -0.15) is 0 Å². The topological polar surface area (TPSA) is 23.6 Å². The van der Waals surface area contributed by atoms with Gasteiger partial charge in [-0.25, -0.2) is 4.39 Å². The molecule has 2 aliphatic heterocycles. The van der Waals surface area contributed by atoms with E-state index >= 15 is 0 Å². The van der Waals surface area contributed by atoms with Crippen molar-refractivity contribution in [3.05, 3.63) is 30.1 Å². The van der Waals surface area contributed by atoms with E-state index in [4.69, 9.17) is 0 Å². The van der Waals surface area contributed by atoms with Gasteiger partial charge in [0.2, 0.25) is 5.91 Å². The summed E-state index contributed by atoms with van der Waals surface area (Å²) < 4.78 is 13.8. The fourth-order valence-electron chi connectivity index (χ4n) is 3.28. The first-order chi connectivity index (χ1) is 11.7. The number of amides is 1. The average Bonchev–Trinajstić information content (AvgIpc) is 3.13. The zero-order valence-electron chi connectivity index (χ0n) is 14.0. The zero-order valence-corrected chi connectivity index (χ0v) is 15.6. The Balaban J connectivity index is 1.36. The minimum atomic E-state index is -0.180. The summed E-state index contributed by atoms with van der Waals surface area (Å²) in [6, 6.07) is 6.87. The van der Waals surface area contributed by atoms with Crippen molar-refractivity contribution in [2.45, 2.75) is 37.4 Å². The highest BCUT2D eigenvalue weighted by molar-refractivity contribution is 8.77. The van der Waals surface area contributed by atoms with Gasteiger partial charge >= 0.3 is 0 Å². The van der Waals surface area contributed by atoms with E-state index in [-0.39, 0.29) is 11.7 Å². The number of benzene rings is 1. The lowest BCUT2D eigenvalue weighted by Crippen LogP contribution is -2.49. The maximum absolute atomic E-state index is 13.8. The molecular weight excluding hydrogens is 343 g/mol. The van der Waals surface area contributed by atoms with E-state index in [2.05, 4.69) is 0 Å². The Hall–Kier alpha value is -0.880. The highest BCUT2D eigenvalue weighted by Crippen LogP contribution is 2.39. The maximum Gasteiger partial charge on any atom is 0.222 e. The molecule has 2 fully saturated rings. The van der Waals surface area contributed by atoms with Gasteiger partial charge in [-0.1, -0.05) is 40.1 Å². The summed E-state index contributed by atoms with van der Waals surface area (Å²) in [5.41, 5.74) is 0.650. The molecule has 1 aromatic rings. The first kappa shape index (κ1) is 17.9. The van der Waals surface area contributed by atoms with Crippen LogP contribution < -0.4 is 4.90 Å². The van der Waals surface area contributed by atoms with Crippen molar-refractivity contribution in [2.75, 3.05) is 36.8 Å². The van der Waals surface area contributed by atoms with Crippen LogP contribution in [0.2, 0.25) is 0 Å². The zero-order chi connectivity index (χ0) is 16.8. The number of halogens is 1. The van der Waals surface area contributed by atoms with Crippen molar-refractivity contribution in [1.29, 1.82) is 0 Å². The summed E-state index contributed by atoms with van der Waals surface area (Å²) in [4.78, 5) is 16.3. The minimum Gasteiger partial charge on any atom is -0.366 e. The summed E-state index contributed by atoms with van der Waals surface area (Å²) in [6.45, 7) is 2.82. The summed E-state index contributed by atoms with van der Waals surface area (Å²) in [5, 5.41) is 0.800. The number of para-hydroxylation sites is 1. The molecule has 1 amide bonds. The predicted octanol–water partition coefficient (Wildman–Crippen LogP) is 4.19. The molecule has 6 heteroatoms. The Morgan fingerprint density at radius 3 is 2.67 bits per heavy atom. The molecule has 0 bridgehead atoms. The third-order valence-electron chi connectivity index (χ3n) is 4.72. The van der Waals surface area contributed by atoms with Crippen molar-refractivity contribution < 1.29 is 9.18 Å². The van der Waals surface area contributed by atoms with Gasteiger partial charge in [0.25, 0.3) is 0 Å². The third-order valence-corrected chi connectivity index (χ3v) is 7.73. The number of unbranched alkanes of at least 4 members (excludes halogenated alkanes) is 1. The average molecular weight is 369 g/mol. The van der Waals surface area contributed by atoms with Gasteiger partial charge in [-0.3, -0.25) is 4.79 Å². The number of piperazine rings is 1. The summed E-state index contributed by atoms with van der Waals surface area (Å²) in [6.07, 6.45) is 5.37. The quantitative estimate of drug-likeness (QED) is 0.555. The van der Waals surface area contributed by atoms with Crippen molar-refractivity contribution in [3.8, 4) is 0 Å². The van der Waals surface area contributed by atoms with Crippen LogP contribution in [0.1, 0.15) is 32.1 Å². The van der Waals surface area contributed by atoms with Gasteiger partial charge in [0.15, 0.2) is 0 Å². The molecule has 24 heavy (non-hydrogen) atoms. The fraction of sp³-hybridized carbons (Fsp3) is 0.611. The van der Waals surface area contributed by atoms with Crippen molar-refractivity contribution in [2.24, 2.45) is 0 Å². The van der Waals surface area contributed by atoms with E-state index in [9.17, 15) is 9.18 Å². The Bertz CT molecular complexity index is 544. The highest BCUT2D eigenvalue weighted by atomic mass is 33.1. The summed E-state index contributed by atoms with van der Waals surface area (Å²) in [5.74, 6) is 1.36. The lowest BCUT2D eigenvalue weighted by atomic mass is 10.1. The van der Waals surface area contributed by atoms with Gasteiger partial charge in [-0.15, -0.1) is 0 Å². The Morgan fingerprint density at radius 1 is 1.17 bits per heavy atom. The largest absolute Gasteiger partial charge is 0.366 e. The summed E-state index contributed by atoms with van der Waals surface area (Å²) >= 11 is 0. The third kappa shape index (κ3) is 4.82. The molecule has 2 saturated heterocycles. The molecule has 2 heterocycles. The van der Waals surface area contributed by atoms with Gasteiger partial charge in [0.1, 0.15) is 5.82 Å². The van der Waals surface area contributed by atoms with Crippen LogP contribution in [0.15, 0.2) is 24.3 Å². The Morgan fingerprint density at radius 2 is 1.96 bits per heavy atom. The number of rotatable bonds is 6. The maximum atomic E-state index is 13.8. The van der Waals surface area contributed by atoms with E-state index in [1.165, 1.54) is 24.7 Å². The van der Waals surface area contributed by atoms with Gasteiger partial charge in [-0.05, 0) is 31.4 Å². The standard InChI is InChI=1S/C18H25FN2OS2/c19-16-6-2-3-7-17(16)20-10-12-21(13-11-20)18(22)8-4-1-5-15-9-14-23-24-15/h2-3,6-7,15H,1,4-5,8-14H2. The monoisotopic (exact) mass is 368 g/mol. The molecule has 0 N–H and O–H groups in total. The van der Waals surface area contributed by atoms with Crippen LogP contribution in [0.3, 0.4) is 0 Å². The highest BCUT2D eigenvalue weighted by Gasteiger charge is 2.22. The molecule has 3 rings (SSSR count). The normalized spacial score (nSPS) is 21.3. The fourth-order valence-corrected chi connectivity index (χ4v) is 6.30. The molecular formula is C18H25FN2OS2. The number of nitrogens with zero attached hydrogens (tertiary/aromatic N) is 2. The molecule has 0 radical (unpaired) electrons. The van der Waals surface area contributed by atoms with Crippen molar-refractivity contribution in [1.82, 2.24) is 4.90 Å². The van der Waals surface area contributed by atoms with Crippen LogP contribution in [-0.2, 0) is 4.79 Å². The SMILES string of the molecule is O=C(CCCCC1CCSS1)N1CCN(c2ccccc2F)CC1. The molecule has 1 unspecified atom stereocenters. The lowest BCUT2D eigenvalue weighted by molar-refractivity contribution is -0.131. The number of hydrogen-bond acceptors (Lipinski definition) is 4. The first-order valence-electron chi connectivity index (χ1n) is 8.79. The molecule has 0 saturated carbocycles. The number of carbonyl (C=O) groups excluding carboxylic acids is 1. The second-order valence-corrected chi connectivity index (χ2v) is 9.18. The molecule has 0 aromatic heterocycles. The predicted molar refractivity (Wildman–Crippen MR) is 102 cm³/mol. The van der Waals surface area contributed by atoms with Crippen LogP contribution in [0.25, 0.3) is 0 Å². The number of anilines is 1. The van der Waals surface area contributed by atoms with Crippen LogP contribution in [0.5, 0.6) is 0 Å². The van der Waals surface area contributed by atoms with Gasteiger partial charge in [0, 0.05) is 43.6 Å². The molecule has 132 valence electrons. The van der Waals surface area contributed by atoms with Crippen LogP contribution in [0.4, 0.5) is 10.1 Å². The van der Waals surface area contributed by atoms with Gasteiger partial charge in [0.05, 0.1) is 5.69 Å². The smallest absolute Gasteiger partial charge is 0.222 e. The minimum absolute atomic E-state index is 0.180. The summed E-state index contributed by atoms with van der Waals surface area (Å²) in [7, 11) is 3.99. The molecule has 3 nitrogen and oxygen atoms in total. The van der Waals surface area contributed by atoms with Crippen LogP contribution in [0, 0.1) is 5.82 Å². The molecule has 0 aliphatic carbocycles.